The monoisotopic (exact) mass is 510 g/mol. The van der Waals surface area contributed by atoms with E-state index in [1.807, 2.05) is 0 Å². The van der Waals surface area contributed by atoms with E-state index in [2.05, 4.69) is 13.2 Å². The van der Waals surface area contributed by atoms with Crippen molar-refractivity contribution in [3.63, 3.8) is 0 Å². The molecule has 2 rings (SSSR count). The molecule has 10 atom stereocenters. The first-order chi connectivity index (χ1) is 16.2. The van der Waals surface area contributed by atoms with Crippen molar-refractivity contribution >= 4 is 11.9 Å². The van der Waals surface area contributed by atoms with Crippen LogP contribution < -0.4 is 0 Å². The highest BCUT2D eigenvalue weighted by Gasteiger charge is 2.70. The fourth-order valence-corrected chi connectivity index (χ4v) is 3.33. The fraction of sp³-hybridized carbons (Fsp3) is 0.700. The van der Waals surface area contributed by atoms with Crippen molar-refractivity contribution in [3.8, 4) is 0 Å². The Labute approximate surface area is 199 Å². The van der Waals surface area contributed by atoms with Crippen LogP contribution in [0, 0.1) is 0 Å². The summed E-state index contributed by atoms with van der Waals surface area (Å²) in [5.41, 5.74) is -0.570. The standard InChI is InChI=1S/C20H30O15/c1-7(2)15(27)33-19(6-22)20(30,34-16(28)8(3)4)14(26)12(25)18(35-19)32-13-9(5-21)31-17(29)11(24)10(13)23/h9-14,17-18,21-26,29-30H,1,3,5-6H2,2,4H3/t9-,10-,11-,12-,13-,14+,17-,18+,19+,20-/m1/s1. The number of ether oxygens (including phenoxy) is 5. The Bertz CT molecular complexity index is 829. The molecule has 0 unspecified atom stereocenters. The maximum Gasteiger partial charge on any atom is 0.335 e. The SMILES string of the molecule is C=C(C)C(=O)O[C@@]1(CO)O[C@H](O[C@H]2[C@H](O)[C@@H](O)[C@H](O)O[C@@H]2CO)[C@H](O)[C@H](O)[C@@]1(O)OC(=O)C(=C)C. The molecule has 15 nitrogen and oxygen atoms in total. The summed E-state index contributed by atoms with van der Waals surface area (Å²) in [4.78, 5) is 24.4. The van der Waals surface area contributed by atoms with Gasteiger partial charge in [-0.3, -0.25) is 0 Å². The number of rotatable bonds is 8. The van der Waals surface area contributed by atoms with Crippen molar-refractivity contribution in [2.45, 2.75) is 74.6 Å². The lowest BCUT2D eigenvalue weighted by atomic mass is 9.91. The van der Waals surface area contributed by atoms with E-state index in [0.717, 1.165) is 0 Å². The second-order valence-corrected chi connectivity index (χ2v) is 8.20. The van der Waals surface area contributed by atoms with E-state index in [-0.39, 0.29) is 11.1 Å². The molecule has 0 aromatic heterocycles. The van der Waals surface area contributed by atoms with Crippen molar-refractivity contribution in [3.05, 3.63) is 24.3 Å². The molecule has 0 amide bonds. The Hall–Kier alpha value is -2.02. The van der Waals surface area contributed by atoms with Crippen molar-refractivity contribution in [2.75, 3.05) is 13.2 Å². The molecule has 15 heteroatoms. The highest BCUT2D eigenvalue weighted by atomic mass is 16.8. The normalized spacial score (nSPS) is 41.7. The molecule has 35 heavy (non-hydrogen) atoms. The minimum atomic E-state index is -3.43. The molecule has 2 aliphatic heterocycles. The Balaban J connectivity index is 2.50. The molecular weight excluding hydrogens is 480 g/mol. The molecule has 0 aromatic rings. The average Bonchev–Trinajstić information content (AvgIpc) is 2.80. The summed E-state index contributed by atoms with van der Waals surface area (Å²) in [5, 5.41) is 81.7. The van der Waals surface area contributed by atoms with Gasteiger partial charge in [-0.25, -0.2) is 9.59 Å². The van der Waals surface area contributed by atoms with E-state index in [0.29, 0.717) is 0 Å². The number of aliphatic hydroxyl groups is 8. The Morgan fingerprint density at radius 2 is 1.46 bits per heavy atom. The first kappa shape index (κ1) is 29.2. The molecule has 2 aliphatic rings. The maximum absolute atomic E-state index is 12.3. The predicted octanol–water partition coefficient (Wildman–Crippen LogP) is -4.50. The van der Waals surface area contributed by atoms with Crippen molar-refractivity contribution < 1.29 is 74.1 Å². The second kappa shape index (κ2) is 10.9. The lowest BCUT2D eigenvalue weighted by molar-refractivity contribution is -0.480. The molecular formula is C20H30O15. The number of carbonyl (C=O) groups is 2. The van der Waals surface area contributed by atoms with Gasteiger partial charge in [0, 0.05) is 11.1 Å². The summed E-state index contributed by atoms with van der Waals surface area (Å²) < 4.78 is 25.4. The molecule has 2 heterocycles. The Kier molecular flexibility index (Phi) is 9.13. The summed E-state index contributed by atoms with van der Waals surface area (Å²) in [6, 6.07) is 0. The van der Waals surface area contributed by atoms with Gasteiger partial charge >= 0.3 is 23.5 Å². The van der Waals surface area contributed by atoms with Gasteiger partial charge < -0.3 is 64.5 Å². The number of esters is 2. The van der Waals surface area contributed by atoms with Gasteiger partial charge in [0.2, 0.25) is 0 Å². The van der Waals surface area contributed by atoms with Crippen LogP contribution in [0.5, 0.6) is 0 Å². The smallest absolute Gasteiger partial charge is 0.335 e. The van der Waals surface area contributed by atoms with E-state index in [1.54, 1.807) is 0 Å². The van der Waals surface area contributed by atoms with E-state index in [4.69, 9.17) is 23.7 Å². The zero-order chi connectivity index (χ0) is 26.9. The molecule has 0 saturated carbocycles. The second-order valence-electron chi connectivity index (χ2n) is 8.20. The minimum absolute atomic E-state index is 0.276. The minimum Gasteiger partial charge on any atom is -0.420 e. The molecule has 2 fully saturated rings. The highest BCUT2D eigenvalue weighted by Crippen LogP contribution is 2.42. The Morgan fingerprint density at radius 1 is 0.914 bits per heavy atom. The number of aliphatic hydroxyl groups excluding tert-OH is 7. The van der Waals surface area contributed by atoms with Crippen LogP contribution >= 0.6 is 0 Å². The van der Waals surface area contributed by atoms with Crippen LogP contribution in [0.4, 0.5) is 0 Å². The number of hydrogen-bond acceptors (Lipinski definition) is 15. The van der Waals surface area contributed by atoms with Crippen molar-refractivity contribution in [2.24, 2.45) is 0 Å². The molecule has 8 N–H and O–H groups in total. The first-order valence-electron chi connectivity index (χ1n) is 10.3. The van der Waals surface area contributed by atoms with Crippen molar-refractivity contribution in [1.29, 1.82) is 0 Å². The van der Waals surface area contributed by atoms with E-state index < -0.39 is 85.9 Å². The summed E-state index contributed by atoms with van der Waals surface area (Å²) in [6.07, 6.45) is -16.1. The van der Waals surface area contributed by atoms with Crippen LogP contribution in [0.25, 0.3) is 0 Å². The van der Waals surface area contributed by atoms with Gasteiger partial charge in [0.25, 0.3) is 0 Å². The lowest BCUT2D eigenvalue weighted by Gasteiger charge is -2.53. The van der Waals surface area contributed by atoms with Gasteiger partial charge in [0.1, 0.15) is 37.1 Å². The molecule has 2 saturated heterocycles. The van der Waals surface area contributed by atoms with Crippen molar-refractivity contribution in [1.82, 2.24) is 0 Å². The number of carbonyl (C=O) groups excluding carboxylic acids is 2. The van der Waals surface area contributed by atoms with Gasteiger partial charge in [-0.15, -0.1) is 0 Å². The molecule has 0 spiro atoms. The lowest BCUT2D eigenvalue weighted by Crippen LogP contribution is -2.77. The van der Waals surface area contributed by atoms with Gasteiger partial charge in [0.15, 0.2) is 18.7 Å². The van der Waals surface area contributed by atoms with Crippen LogP contribution in [0.15, 0.2) is 24.3 Å². The molecule has 0 bridgehead atoms. The molecule has 200 valence electrons. The average molecular weight is 510 g/mol. The van der Waals surface area contributed by atoms with Crippen LogP contribution in [0.1, 0.15) is 13.8 Å². The Morgan fingerprint density at radius 3 is 1.94 bits per heavy atom. The first-order valence-corrected chi connectivity index (χ1v) is 10.3. The zero-order valence-corrected chi connectivity index (χ0v) is 18.9. The molecule has 0 aromatic carbocycles. The van der Waals surface area contributed by atoms with E-state index in [9.17, 15) is 50.4 Å². The van der Waals surface area contributed by atoms with E-state index >= 15 is 0 Å². The largest absolute Gasteiger partial charge is 0.420 e. The summed E-state index contributed by atoms with van der Waals surface area (Å²) >= 11 is 0. The summed E-state index contributed by atoms with van der Waals surface area (Å²) in [7, 11) is 0. The topological polar surface area (TPSA) is 242 Å². The molecule has 0 radical (unpaired) electrons. The van der Waals surface area contributed by atoms with Crippen LogP contribution in [-0.2, 0) is 33.3 Å². The third kappa shape index (κ3) is 5.40. The number of hydrogen-bond donors (Lipinski definition) is 8. The van der Waals surface area contributed by atoms with Gasteiger partial charge in [-0.05, 0) is 13.8 Å². The maximum atomic E-state index is 12.3. The summed E-state index contributed by atoms with van der Waals surface area (Å²) in [5.74, 6) is -9.20. The van der Waals surface area contributed by atoms with Gasteiger partial charge in [0.05, 0.1) is 6.61 Å². The van der Waals surface area contributed by atoms with Gasteiger partial charge in [-0.2, -0.15) is 0 Å². The highest BCUT2D eigenvalue weighted by molar-refractivity contribution is 5.88. The summed E-state index contributed by atoms with van der Waals surface area (Å²) in [6.45, 7) is 6.63. The van der Waals surface area contributed by atoms with Crippen LogP contribution in [0.3, 0.4) is 0 Å². The van der Waals surface area contributed by atoms with Crippen LogP contribution in [0.2, 0.25) is 0 Å². The third-order valence-electron chi connectivity index (χ3n) is 5.40. The fourth-order valence-electron chi connectivity index (χ4n) is 3.33. The van der Waals surface area contributed by atoms with Gasteiger partial charge in [-0.1, -0.05) is 13.2 Å². The third-order valence-corrected chi connectivity index (χ3v) is 5.40. The molecule has 0 aliphatic carbocycles. The van der Waals surface area contributed by atoms with Crippen LogP contribution in [-0.4, -0.2) is 127 Å². The van der Waals surface area contributed by atoms with E-state index in [1.165, 1.54) is 13.8 Å². The predicted molar refractivity (Wildman–Crippen MR) is 108 cm³/mol. The quantitative estimate of drug-likeness (QED) is 0.0871. The zero-order valence-electron chi connectivity index (χ0n) is 18.9.